The molecule has 2 rings (SSSR count). The van der Waals surface area contributed by atoms with Crippen LogP contribution in [0.4, 0.5) is 0 Å². The van der Waals surface area contributed by atoms with Gasteiger partial charge in [-0.1, -0.05) is 12.1 Å². The van der Waals surface area contributed by atoms with Gasteiger partial charge in [0.1, 0.15) is 5.70 Å². The lowest BCUT2D eigenvalue weighted by Gasteiger charge is -2.28. The van der Waals surface area contributed by atoms with Gasteiger partial charge < -0.3 is 5.73 Å². The van der Waals surface area contributed by atoms with Crippen molar-refractivity contribution in [2.75, 3.05) is 7.05 Å². The van der Waals surface area contributed by atoms with E-state index in [1.54, 1.807) is 12.1 Å². The van der Waals surface area contributed by atoms with Crippen LogP contribution in [0.1, 0.15) is 17.3 Å². The lowest BCUT2D eigenvalue weighted by atomic mass is 10.1. The third-order valence-corrected chi connectivity index (χ3v) is 4.49. The zero-order chi connectivity index (χ0) is 12.8. The first-order valence-corrected chi connectivity index (χ1v) is 6.40. The summed E-state index contributed by atoms with van der Waals surface area (Å²) < 4.78 is 25.2. The highest BCUT2D eigenvalue weighted by atomic mass is 32.2. The van der Waals surface area contributed by atoms with Crippen molar-refractivity contribution in [3.8, 4) is 0 Å². The second-order valence-corrected chi connectivity index (χ2v) is 5.77. The van der Waals surface area contributed by atoms with E-state index >= 15 is 0 Å². The monoisotopic (exact) mass is 252 g/mol. The van der Waals surface area contributed by atoms with Crippen LogP contribution in [0.5, 0.6) is 0 Å². The van der Waals surface area contributed by atoms with Crippen LogP contribution in [0.15, 0.2) is 40.6 Å². The molecule has 0 atom stereocenters. The highest BCUT2D eigenvalue weighted by Gasteiger charge is 2.37. The number of nitrogens with zero attached hydrogens (tertiary/aromatic N) is 1. The second kappa shape index (κ2) is 3.59. The molecular formula is C11H12N2O3S. The smallest absolute Gasteiger partial charge is 0.264 e. The molecule has 17 heavy (non-hydrogen) atoms. The normalized spacial score (nSPS) is 21.1. The molecule has 0 amide bonds. The SMILES string of the molecule is C/C(N)=C1/C(=O)c2ccccc2S(=O)(=O)N1C. The molecule has 1 aliphatic heterocycles. The summed E-state index contributed by atoms with van der Waals surface area (Å²) in [4.78, 5) is 12.1. The van der Waals surface area contributed by atoms with Gasteiger partial charge in [0.15, 0.2) is 0 Å². The van der Waals surface area contributed by atoms with Crippen LogP contribution in [0, 0.1) is 0 Å². The summed E-state index contributed by atoms with van der Waals surface area (Å²) >= 11 is 0. The Balaban J connectivity index is 2.86. The third-order valence-electron chi connectivity index (χ3n) is 2.67. The summed E-state index contributed by atoms with van der Waals surface area (Å²) in [7, 11) is -2.34. The first kappa shape index (κ1) is 11.7. The molecule has 0 fully saturated rings. The van der Waals surface area contributed by atoms with Gasteiger partial charge >= 0.3 is 0 Å². The maximum atomic E-state index is 12.1. The van der Waals surface area contributed by atoms with Crippen molar-refractivity contribution >= 4 is 15.8 Å². The number of ketones is 1. The van der Waals surface area contributed by atoms with Gasteiger partial charge in [-0.25, -0.2) is 8.42 Å². The Morgan fingerprint density at radius 3 is 2.47 bits per heavy atom. The quantitative estimate of drug-likeness (QED) is 0.689. The van der Waals surface area contributed by atoms with Gasteiger partial charge in [-0.3, -0.25) is 9.10 Å². The standard InChI is InChI=1S/C11H12N2O3S/c1-7(12)10-11(14)8-5-3-4-6-9(8)17(15,16)13(10)2/h3-6H,12H2,1-2H3/b10-7+. The number of likely N-dealkylation sites (N-methyl/N-ethyl adjacent to an activating group) is 1. The fourth-order valence-corrected chi connectivity index (χ4v) is 3.30. The minimum absolute atomic E-state index is 0.0173. The number of hydrogen-bond donors (Lipinski definition) is 1. The van der Waals surface area contributed by atoms with Crippen LogP contribution in [-0.2, 0) is 10.0 Å². The number of carbonyl (C=O) groups excluding carboxylic acids is 1. The number of Topliss-reactive ketones (excluding diaryl/α,β-unsaturated/α-hetero) is 1. The molecule has 1 aromatic carbocycles. The largest absolute Gasteiger partial charge is 0.400 e. The van der Waals surface area contributed by atoms with Gasteiger partial charge in [0.25, 0.3) is 10.0 Å². The van der Waals surface area contributed by atoms with Crippen LogP contribution in [-0.4, -0.2) is 25.6 Å². The zero-order valence-electron chi connectivity index (χ0n) is 9.47. The summed E-state index contributed by atoms with van der Waals surface area (Å²) in [5.41, 5.74) is 5.96. The van der Waals surface area contributed by atoms with Crippen molar-refractivity contribution in [1.82, 2.24) is 4.31 Å². The molecule has 0 saturated heterocycles. The summed E-state index contributed by atoms with van der Waals surface area (Å²) in [5, 5.41) is 0. The Labute approximate surface area is 99.6 Å². The third kappa shape index (κ3) is 1.52. The van der Waals surface area contributed by atoms with Crippen molar-refractivity contribution in [3.63, 3.8) is 0 Å². The molecule has 0 aromatic heterocycles. The Hall–Kier alpha value is -1.82. The number of sulfonamides is 1. The Bertz CT molecular complexity index is 628. The molecule has 2 N–H and O–H groups in total. The number of nitrogens with two attached hydrogens (primary N) is 1. The van der Waals surface area contributed by atoms with Crippen molar-refractivity contribution in [3.05, 3.63) is 41.2 Å². The molecular weight excluding hydrogens is 240 g/mol. The number of fused-ring (bicyclic) bond motifs is 1. The Kier molecular flexibility index (Phi) is 2.46. The van der Waals surface area contributed by atoms with Crippen LogP contribution in [0.25, 0.3) is 0 Å². The lowest BCUT2D eigenvalue weighted by molar-refractivity contribution is 0.100. The fourth-order valence-electron chi connectivity index (χ4n) is 1.84. The van der Waals surface area contributed by atoms with E-state index in [2.05, 4.69) is 0 Å². The number of benzene rings is 1. The molecule has 5 nitrogen and oxygen atoms in total. The van der Waals surface area contributed by atoms with E-state index in [0.29, 0.717) is 0 Å². The van der Waals surface area contributed by atoms with E-state index in [0.717, 1.165) is 4.31 Å². The summed E-state index contributed by atoms with van der Waals surface area (Å²) in [6, 6.07) is 6.12. The van der Waals surface area contributed by atoms with Gasteiger partial charge in [0.05, 0.1) is 4.90 Å². The van der Waals surface area contributed by atoms with E-state index in [1.807, 2.05) is 0 Å². The Morgan fingerprint density at radius 2 is 1.88 bits per heavy atom. The molecule has 0 saturated carbocycles. The number of carbonyl (C=O) groups is 1. The second-order valence-electron chi connectivity index (χ2n) is 3.83. The minimum Gasteiger partial charge on any atom is -0.400 e. The van der Waals surface area contributed by atoms with E-state index in [4.69, 9.17) is 5.73 Å². The maximum Gasteiger partial charge on any atom is 0.264 e. The van der Waals surface area contributed by atoms with Gasteiger partial charge in [-0.15, -0.1) is 0 Å². The van der Waals surface area contributed by atoms with E-state index in [-0.39, 0.29) is 27.6 Å². The highest BCUT2D eigenvalue weighted by Crippen LogP contribution is 2.31. The molecule has 0 radical (unpaired) electrons. The first-order valence-electron chi connectivity index (χ1n) is 4.96. The summed E-state index contributed by atoms with van der Waals surface area (Å²) in [6.07, 6.45) is 0. The molecule has 0 unspecified atom stereocenters. The van der Waals surface area contributed by atoms with Gasteiger partial charge in [-0.2, -0.15) is 0 Å². The molecule has 0 bridgehead atoms. The molecule has 1 aromatic rings. The van der Waals surface area contributed by atoms with E-state index < -0.39 is 10.0 Å². The molecule has 1 aliphatic rings. The Morgan fingerprint density at radius 1 is 1.29 bits per heavy atom. The highest BCUT2D eigenvalue weighted by molar-refractivity contribution is 7.89. The molecule has 0 spiro atoms. The van der Waals surface area contributed by atoms with Crippen molar-refractivity contribution in [1.29, 1.82) is 0 Å². The summed E-state index contributed by atoms with van der Waals surface area (Å²) in [6.45, 7) is 1.51. The number of rotatable bonds is 0. The van der Waals surface area contributed by atoms with Crippen LogP contribution < -0.4 is 5.73 Å². The molecule has 90 valence electrons. The predicted molar refractivity (Wildman–Crippen MR) is 62.6 cm³/mol. The van der Waals surface area contributed by atoms with Crippen LogP contribution in [0.3, 0.4) is 0 Å². The average molecular weight is 252 g/mol. The minimum atomic E-state index is -3.67. The van der Waals surface area contributed by atoms with Gasteiger partial charge in [0.2, 0.25) is 5.78 Å². The lowest BCUT2D eigenvalue weighted by Crippen LogP contribution is -2.37. The van der Waals surface area contributed by atoms with Crippen molar-refractivity contribution < 1.29 is 13.2 Å². The topological polar surface area (TPSA) is 80.5 Å². The van der Waals surface area contributed by atoms with E-state index in [1.165, 1.54) is 26.1 Å². The maximum absolute atomic E-state index is 12.1. The van der Waals surface area contributed by atoms with Crippen molar-refractivity contribution in [2.24, 2.45) is 5.73 Å². The predicted octanol–water partition coefficient (Wildman–Crippen LogP) is 0.694. The van der Waals surface area contributed by atoms with Crippen molar-refractivity contribution in [2.45, 2.75) is 11.8 Å². The summed E-state index contributed by atoms with van der Waals surface area (Å²) in [5.74, 6) is -0.363. The number of hydrogen-bond acceptors (Lipinski definition) is 4. The molecule has 6 heteroatoms. The number of allylic oxidation sites excluding steroid dienone is 2. The average Bonchev–Trinajstić information content (AvgIpc) is 2.27. The molecule has 1 heterocycles. The first-order chi connectivity index (χ1) is 7.87. The molecule has 0 aliphatic carbocycles. The zero-order valence-corrected chi connectivity index (χ0v) is 10.3. The van der Waals surface area contributed by atoms with Crippen LogP contribution >= 0.6 is 0 Å². The van der Waals surface area contributed by atoms with Crippen LogP contribution in [0.2, 0.25) is 0 Å². The van der Waals surface area contributed by atoms with E-state index in [9.17, 15) is 13.2 Å². The van der Waals surface area contributed by atoms with Gasteiger partial charge in [-0.05, 0) is 19.1 Å². The fraction of sp³-hybridized carbons (Fsp3) is 0.182. The van der Waals surface area contributed by atoms with Gasteiger partial charge in [0, 0.05) is 18.3 Å².